The fraction of sp³-hybridized carbons (Fsp3) is 0.625. The molecule has 1 aliphatic carbocycles. The summed E-state index contributed by atoms with van der Waals surface area (Å²) in [6.07, 6.45) is 4.45. The SMILES string of the molecule is COc1ccc(C)cc1C(O)CNC1(C)CCCC1. The quantitative estimate of drug-likeness (QED) is 0.858. The Morgan fingerprint density at radius 1 is 1.37 bits per heavy atom. The molecule has 106 valence electrons. The minimum atomic E-state index is -0.521. The molecule has 0 amide bonds. The minimum absolute atomic E-state index is 0.193. The van der Waals surface area contributed by atoms with Crippen molar-refractivity contribution in [1.29, 1.82) is 0 Å². The van der Waals surface area contributed by atoms with E-state index in [2.05, 4.69) is 12.2 Å². The van der Waals surface area contributed by atoms with Crippen molar-refractivity contribution in [3.63, 3.8) is 0 Å². The number of nitrogens with one attached hydrogen (secondary N) is 1. The van der Waals surface area contributed by atoms with Gasteiger partial charge in [-0.2, -0.15) is 0 Å². The third-order valence-electron chi connectivity index (χ3n) is 4.17. The second-order valence-electron chi connectivity index (χ2n) is 5.91. The highest BCUT2D eigenvalue weighted by molar-refractivity contribution is 5.38. The fourth-order valence-corrected chi connectivity index (χ4v) is 2.90. The molecule has 2 rings (SSSR count). The van der Waals surface area contributed by atoms with E-state index in [0.717, 1.165) is 16.9 Å². The molecule has 1 aliphatic rings. The molecule has 19 heavy (non-hydrogen) atoms. The second-order valence-corrected chi connectivity index (χ2v) is 5.91. The normalized spacial score (nSPS) is 19.4. The summed E-state index contributed by atoms with van der Waals surface area (Å²) in [4.78, 5) is 0. The van der Waals surface area contributed by atoms with Crippen molar-refractivity contribution in [2.75, 3.05) is 13.7 Å². The van der Waals surface area contributed by atoms with Gasteiger partial charge >= 0.3 is 0 Å². The Morgan fingerprint density at radius 2 is 2.05 bits per heavy atom. The number of benzene rings is 1. The number of aliphatic hydroxyl groups is 1. The van der Waals surface area contributed by atoms with Crippen LogP contribution in [-0.2, 0) is 0 Å². The molecular formula is C16H25NO2. The molecule has 1 atom stereocenters. The van der Waals surface area contributed by atoms with Crippen LogP contribution >= 0.6 is 0 Å². The number of aryl methyl sites for hydroxylation is 1. The summed E-state index contributed by atoms with van der Waals surface area (Å²) in [5, 5.41) is 13.9. The molecule has 1 unspecified atom stereocenters. The number of methoxy groups -OCH3 is 1. The number of hydrogen-bond donors (Lipinski definition) is 2. The van der Waals surface area contributed by atoms with E-state index < -0.39 is 6.10 Å². The van der Waals surface area contributed by atoms with Crippen molar-refractivity contribution < 1.29 is 9.84 Å². The first-order chi connectivity index (χ1) is 9.04. The van der Waals surface area contributed by atoms with Crippen molar-refractivity contribution in [3.8, 4) is 5.75 Å². The van der Waals surface area contributed by atoms with Crippen molar-refractivity contribution in [2.24, 2.45) is 0 Å². The van der Waals surface area contributed by atoms with Crippen molar-refractivity contribution in [3.05, 3.63) is 29.3 Å². The maximum atomic E-state index is 10.4. The summed E-state index contributed by atoms with van der Waals surface area (Å²) >= 11 is 0. The third-order valence-corrected chi connectivity index (χ3v) is 4.17. The monoisotopic (exact) mass is 263 g/mol. The molecule has 1 aromatic carbocycles. The van der Waals surface area contributed by atoms with Crippen LogP contribution in [0.15, 0.2) is 18.2 Å². The van der Waals surface area contributed by atoms with Crippen LogP contribution in [0.25, 0.3) is 0 Å². The van der Waals surface area contributed by atoms with Crippen molar-refractivity contribution >= 4 is 0 Å². The van der Waals surface area contributed by atoms with Crippen LogP contribution in [0.2, 0.25) is 0 Å². The molecule has 1 fully saturated rings. The molecule has 0 aromatic heterocycles. The van der Waals surface area contributed by atoms with E-state index in [9.17, 15) is 5.11 Å². The molecule has 0 spiro atoms. The first kappa shape index (κ1) is 14.4. The Hall–Kier alpha value is -1.06. The molecule has 3 heteroatoms. The minimum Gasteiger partial charge on any atom is -0.496 e. The zero-order valence-electron chi connectivity index (χ0n) is 12.2. The molecule has 0 aliphatic heterocycles. The highest BCUT2D eigenvalue weighted by Gasteiger charge is 2.28. The maximum absolute atomic E-state index is 10.4. The van der Waals surface area contributed by atoms with Crippen LogP contribution < -0.4 is 10.1 Å². The van der Waals surface area contributed by atoms with E-state index in [4.69, 9.17) is 4.74 Å². The summed E-state index contributed by atoms with van der Waals surface area (Å²) < 4.78 is 5.33. The molecule has 0 saturated heterocycles. The van der Waals surface area contributed by atoms with Crippen LogP contribution in [0.4, 0.5) is 0 Å². The van der Waals surface area contributed by atoms with Gasteiger partial charge in [-0.25, -0.2) is 0 Å². The smallest absolute Gasteiger partial charge is 0.124 e. The number of aliphatic hydroxyl groups excluding tert-OH is 1. The summed E-state index contributed by atoms with van der Waals surface area (Å²) in [5.74, 6) is 0.761. The van der Waals surface area contributed by atoms with Gasteiger partial charge in [-0.1, -0.05) is 24.5 Å². The summed E-state index contributed by atoms with van der Waals surface area (Å²) in [7, 11) is 1.65. The van der Waals surface area contributed by atoms with E-state index in [1.54, 1.807) is 7.11 Å². The third kappa shape index (κ3) is 3.48. The van der Waals surface area contributed by atoms with Crippen LogP contribution in [0, 0.1) is 6.92 Å². The Morgan fingerprint density at radius 3 is 2.68 bits per heavy atom. The zero-order chi connectivity index (χ0) is 13.9. The zero-order valence-corrected chi connectivity index (χ0v) is 12.2. The van der Waals surface area contributed by atoms with Gasteiger partial charge in [-0.05, 0) is 38.8 Å². The van der Waals surface area contributed by atoms with Gasteiger partial charge in [0.05, 0.1) is 13.2 Å². The molecule has 0 heterocycles. The summed E-state index contributed by atoms with van der Waals surface area (Å²) in [6.45, 7) is 4.86. The first-order valence-corrected chi connectivity index (χ1v) is 7.12. The number of hydrogen-bond acceptors (Lipinski definition) is 3. The molecule has 2 N–H and O–H groups in total. The summed E-state index contributed by atoms with van der Waals surface area (Å²) in [6, 6.07) is 5.92. The Kier molecular flexibility index (Phi) is 4.48. The summed E-state index contributed by atoms with van der Waals surface area (Å²) in [5.41, 5.74) is 2.21. The van der Waals surface area contributed by atoms with Crippen LogP contribution in [0.1, 0.15) is 49.8 Å². The van der Waals surface area contributed by atoms with Crippen LogP contribution in [-0.4, -0.2) is 24.3 Å². The van der Waals surface area contributed by atoms with Crippen molar-refractivity contribution in [1.82, 2.24) is 5.32 Å². The van der Waals surface area contributed by atoms with Gasteiger partial charge in [-0.15, -0.1) is 0 Å². The number of ether oxygens (including phenoxy) is 1. The molecule has 1 aromatic rings. The highest BCUT2D eigenvalue weighted by atomic mass is 16.5. The van der Waals surface area contributed by atoms with Gasteiger partial charge in [0.25, 0.3) is 0 Å². The van der Waals surface area contributed by atoms with Gasteiger partial charge in [0.2, 0.25) is 0 Å². The average molecular weight is 263 g/mol. The molecule has 3 nitrogen and oxygen atoms in total. The lowest BCUT2D eigenvalue weighted by atomic mass is 9.99. The van der Waals surface area contributed by atoms with Crippen LogP contribution in [0.5, 0.6) is 5.75 Å². The predicted molar refractivity (Wildman–Crippen MR) is 77.6 cm³/mol. The first-order valence-electron chi connectivity index (χ1n) is 7.12. The van der Waals surface area contributed by atoms with E-state index >= 15 is 0 Å². The van der Waals surface area contributed by atoms with Gasteiger partial charge < -0.3 is 15.2 Å². The average Bonchev–Trinajstić information content (AvgIpc) is 2.83. The lowest BCUT2D eigenvalue weighted by Crippen LogP contribution is -2.41. The Labute approximate surface area is 116 Å². The van der Waals surface area contributed by atoms with Gasteiger partial charge in [-0.3, -0.25) is 0 Å². The maximum Gasteiger partial charge on any atom is 0.124 e. The number of β-amino-alcohol motifs (C(OH)–C–C–N with tert-alkyl or cyclic N) is 1. The van der Waals surface area contributed by atoms with Crippen molar-refractivity contribution in [2.45, 2.75) is 51.2 Å². The predicted octanol–water partition coefficient (Wildman–Crippen LogP) is 2.96. The van der Waals surface area contributed by atoms with E-state index in [0.29, 0.717) is 6.54 Å². The Balaban J connectivity index is 2.03. The lowest BCUT2D eigenvalue weighted by molar-refractivity contribution is 0.155. The Bertz CT molecular complexity index is 425. The van der Waals surface area contributed by atoms with E-state index in [1.165, 1.54) is 25.7 Å². The number of rotatable bonds is 5. The fourth-order valence-electron chi connectivity index (χ4n) is 2.90. The largest absolute Gasteiger partial charge is 0.496 e. The van der Waals surface area contributed by atoms with Gasteiger partial charge in [0, 0.05) is 17.6 Å². The highest BCUT2D eigenvalue weighted by Crippen LogP contribution is 2.30. The molecule has 0 bridgehead atoms. The van der Waals surface area contributed by atoms with E-state index in [1.807, 2.05) is 25.1 Å². The van der Waals surface area contributed by atoms with Gasteiger partial charge in [0.1, 0.15) is 5.75 Å². The van der Waals surface area contributed by atoms with Crippen LogP contribution in [0.3, 0.4) is 0 Å². The molecule has 0 radical (unpaired) electrons. The topological polar surface area (TPSA) is 41.5 Å². The van der Waals surface area contributed by atoms with Gasteiger partial charge in [0.15, 0.2) is 0 Å². The van der Waals surface area contributed by atoms with E-state index in [-0.39, 0.29) is 5.54 Å². The second kappa shape index (κ2) is 5.93. The standard InChI is InChI=1S/C16H25NO2/c1-12-6-7-15(19-3)13(10-12)14(18)11-17-16(2)8-4-5-9-16/h6-7,10,14,17-18H,4-5,8-9,11H2,1-3H3. The molecule has 1 saturated carbocycles. The lowest BCUT2D eigenvalue weighted by Gasteiger charge is -2.27. The molecular weight excluding hydrogens is 238 g/mol.